The van der Waals surface area contributed by atoms with E-state index >= 15 is 0 Å². The fourth-order valence-corrected chi connectivity index (χ4v) is 2.80. The molecule has 84 valence electrons. The summed E-state index contributed by atoms with van der Waals surface area (Å²) < 4.78 is 0. The van der Waals surface area contributed by atoms with E-state index in [1.807, 2.05) is 11.4 Å². The Hall–Kier alpha value is -1.40. The molecule has 3 heterocycles. The molecule has 3 rings (SSSR count). The van der Waals surface area contributed by atoms with Crippen molar-refractivity contribution >= 4 is 33.3 Å². The van der Waals surface area contributed by atoms with Gasteiger partial charge in [0, 0.05) is 13.1 Å². The zero-order valence-corrected chi connectivity index (χ0v) is 9.44. The average Bonchev–Trinajstić information content (AvgIpc) is 2.84. The minimum atomic E-state index is -0.259. The fraction of sp³-hybridized carbons (Fsp3) is 0.400. The Kier molecular flexibility index (Phi) is 2.19. The van der Waals surface area contributed by atoms with Crippen LogP contribution in [0.15, 0.2) is 11.4 Å². The largest absolute Gasteiger partial charge is 0.391 e. The molecule has 16 heavy (non-hydrogen) atoms. The second-order valence-corrected chi connectivity index (χ2v) is 4.83. The Morgan fingerprint density at radius 1 is 1.50 bits per heavy atom. The summed E-state index contributed by atoms with van der Waals surface area (Å²) in [6.07, 6.45) is 0.528. The number of anilines is 2. The molecule has 0 aliphatic carbocycles. The minimum absolute atomic E-state index is 0.259. The van der Waals surface area contributed by atoms with Crippen LogP contribution >= 0.6 is 11.3 Å². The van der Waals surface area contributed by atoms with Crippen molar-refractivity contribution < 1.29 is 5.11 Å². The predicted molar refractivity (Wildman–Crippen MR) is 64.7 cm³/mol. The van der Waals surface area contributed by atoms with E-state index in [0.29, 0.717) is 12.5 Å². The highest BCUT2D eigenvalue weighted by atomic mass is 32.1. The van der Waals surface area contributed by atoms with Gasteiger partial charge in [0.1, 0.15) is 10.6 Å². The molecule has 0 bridgehead atoms. The highest BCUT2D eigenvalue weighted by Gasteiger charge is 2.23. The van der Waals surface area contributed by atoms with Crippen LogP contribution in [0.3, 0.4) is 0 Å². The molecular weight excluding hydrogens is 224 g/mol. The molecule has 0 spiro atoms. The van der Waals surface area contributed by atoms with Gasteiger partial charge in [0.05, 0.1) is 11.5 Å². The number of hydrogen-bond donors (Lipinski definition) is 2. The van der Waals surface area contributed by atoms with Crippen molar-refractivity contribution in [3.63, 3.8) is 0 Å². The van der Waals surface area contributed by atoms with Gasteiger partial charge in [0.2, 0.25) is 5.95 Å². The lowest BCUT2D eigenvalue weighted by Gasteiger charge is -2.17. The van der Waals surface area contributed by atoms with E-state index in [4.69, 9.17) is 5.73 Å². The van der Waals surface area contributed by atoms with E-state index in [9.17, 15) is 5.11 Å². The van der Waals surface area contributed by atoms with E-state index in [2.05, 4.69) is 14.9 Å². The van der Waals surface area contributed by atoms with Crippen LogP contribution in [0.5, 0.6) is 0 Å². The lowest BCUT2D eigenvalue weighted by atomic mass is 10.3. The van der Waals surface area contributed by atoms with Crippen LogP contribution in [0.1, 0.15) is 6.42 Å². The summed E-state index contributed by atoms with van der Waals surface area (Å²) in [6.45, 7) is 1.45. The topological polar surface area (TPSA) is 75.3 Å². The average molecular weight is 236 g/mol. The summed E-state index contributed by atoms with van der Waals surface area (Å²) >= 11 is 1.55. The summed E-state index contributed by atoms with van der Waals surface area (Å²) in [5, 5.41) is 12.5. The molecule has 0 aromatic carbocycles. The van der Waals surface area contributed by atoms with Crippen LogP contribution in [0, 0.1) is 0 Å². The smallest absolute Gasteiger partial charge is 0.223 e. The number of nitrogen functional groups attached to an aromatic ring is 1. The van der Waals surface area contributed by atoms with Gasteiger partial charge in [-0.3, -0.25) is 0 Å². The number of rotatable bonds is 1. The normalized spacial score (nSPS) is 20.8. The van der Waals surface area contributed by atoms with Crippen LogP contribution < -0.4 is 10.6 Å². The first-order valence-corrected chi connectivity index (χ1v) is 6.06. The number of thiophene rings is 1. The number of aliphatic hydroxyl groups is 1. The summed E-state index contributed by atoms with van der Waals surface area (Å²) in [5.74, 6) is 1.15. The molecule has 1 atom stereocenters. The Morgan fingerprint density at radius 2 is 2.38 bits per heavy atom. The minimum Gasteiger partial charge on any atom is -0.391 e. The third kappa shape index (κ3) is 1.50. The van der Waals surface area contributed by atoms with Gasteiger partial charge in [-0.2, -0.15) is 4.98 Å². The van der Waals surface area contributed by atoms with Gasteiger partial charge in [-0.15, -0.1) is 11.3 Å². The summed E-state index contributed by atoms with van der Waals surface area (Å²) in [4.78, 5) is 11.4. The second-order valence-electron chi connectivity index (χ2n) is 3.93. The first kappa shape index (κ1) is 9.80. The van der Waals surface area contributed by atoms with Gasteiger partial charge in [-0.05, 0) is 17.9 Å². The van der Waals surface area contributed by atoms with Crippen LogP contribution in [-0.2, 0) is 0 Å². The molecule has 2 aromatic rings. The van der Waals surface area contributed by atoms with Gasteiger partial charge in [0.25, 0.3) is 0 Å². The standard InChI is InChI=1S/C10H12N4OS/c11-10-12-8(14-3-1-6(15)5-14)7-2-4-16-9(7)13-10/h2,4,6,15H,1,3,5H2,(H2,11,12,13). The van der Waals surface area contributed by atoms with E-state index in [1.165, 1.54) is 0 Å². The fourth-order valence-electron chi connectivity index (χ4n) is 2.03. The molecule has 1 aliphatic heterocycles. The van der Waals surface area contributed by atoms with E-state index in [1.54, 1.807) is 11.3 Å². The molecule has 1 aliphatic rings. The monoisotopic (exact) mass is 236 g/mol. The number of fused-ring (bicyclic) bond motifs is 1. The van der Waals surface area contributed by atoms with Crippen molar-refractivity contribution in [2.75, 3.05) is 23.7 Å². The number of aromatic nitrogens is 2. The maximum Gasteiger partial charge on any atom is 0.223 e. The second kappa shape index (κ2) is 3.57. The molecule has 6 heteroatoms. The molecule has 0 saturated carbocycles. The first-order chi connectivity index (χ1) is 7.74. The van der Waals surface area contributed by atoms with E-state index in [0.717, 1.165) is 29.0 Å². The maximum atomic E-state index is 9.54. The van der Waals surface area contributed by atoms with Crippen molar-refractivity contribution in [1.82, 2.24) is 9.97 Å². The van der Waals surface area contributed by atoms with Crippen molar-refractivity contribution in [2.24, 2.45) is 0 Å². The quantitative estimate of drug-likeness (QED) is 0.767. The highest BCUT2D eigenvalue weighted by molar-refractivity contribution is 7.16. The number of aliphatic hydroxyl groups excluding tert-OH is 1. The lowest BCUT2D eigenvalue weighted by Crippen LogP contribution is -2.22. The molecule has 5 nitrogen and oxygen atoms in total. The van der Waals surface area contributed by atoms with E-state index < -0.39 is 0 Å². The number of nitrogens with zero attached hydrogens (tertiary/aromatic N) is 3. The van der Waals surface area contributed by atoms with Crippen LogP contribution in [0.2, 0.25) is 0 Å². The Labute approximate surface area is 96.5 Å². The van der Waals surface area contributed by atoms with Crippen molar-refractivity contribution in [3.8, 4) is 0 Å². The molecule has 1 saturated heterocycles. The van der Waals surface area contributed by atoms with Crippen LogP contribution in [-0.4, -0.2) is 34.3 Å². The Bertz CT molecular complexity index is 527. The zero-order chi connectivity index (χ0) is 11.1. The Balaban J connectivity index is 2.11. The molecular formula is C10H12N4OS. The van der Waals surface area contributed by atoms with Gasteiger partial charge < -0.3 is 15.7 Å². The van der Waals surface area contributed by atoms with Crippen LogP contribution in [0.4, 0.5) is 11.8 Å². The summed E-state index contributed by atoms with van der Waals surface area (Å²) in [7, 11) is 0. The van der Waals surface area contributed by atoms with E-state index in [-0.39, 0.29) is 6.10 Å². The SMILES string of the molecule is Nc1nc(N2CCC(O)C2)c2ccsc2n1. The summed E-state index contributed by atoms with van der Waals surface area (Å²) in [5.41, 5.74) is 5.68. The predicted octanol–water partition coefficient (Wildman–Crippen LogP) is 0.845. The van der Waals surface area contributed by atoms with Crippen LogP contribution in [0.25, 0.3) is 10.2 Å². The number of nitrogens with two attached hydrogens (primary N) is 1. The highest BCUT2D eigenvalue weighted by Crippen LogP contribution is 2.30. The lowest BCUT2D eigenvalue weighted by molar-refractivity contribution is 0.198. The van der Waals surface area contributed by atoms with Gasteiger partial charge in [0.15, 0.2) is 0 Å². The molecule has 1 unspecified atom stereocenters. The first-order valence-electron chi connectivity index (χ1n) is 5.18. The van der Waals surface area contributed by atoms with Gasteiger partial charge in [-0.1, -0.05) is 0 Å². The molecule has 0 radical (unpaired) electrons. The maximum absolute atomic E-state index is 9.54. The van der Waals surface area contributed by atoms with Gasteiger partial charge in [-0.25, -0.2) is 4.98 Å². The zero-order valence-electron chi connectivity index (χ0n) is 8.63. The third-order valence-corrected chi connectivity index (χ3v) is 3.59. The number of hydrogen-bond acceptors (Lipinski definition) is 6. The molecule has 0 amide bonds. The number of β-amino-alcohol motifs (C(OH)–C–C–N with tert-alkyl or cyclic N) is 1. The van der Waals surface area contributed by atoms with Crippen molar-refractivity contribution in [2.45, 2.75) is 12.5 Å². The third-order valence-electron chi connectivity index (χ3n) is 2.79. The Morgan fingerprint density at radius 3 is 3.12 bits per heavy atom. The van der Waals surface area contributed by atoms with Crippen molar-refractivity contribution in [3.05, 3.63) is 11.4 Å². The molecule has 2 aromatic heterocycles. The van der Waals surface area contributed by atoms with Gasteiger partial charge >= 0.3 is 0 Å². The molecule has 1 fully saturated rings. The van der Waals surface area contributed by atoms with Crippen molar-refractivity contribution in [1.29, 1.82) is 0 Å². The molecule has 3 N–H and O–H groups in total. The summed E-state index contributed by atoms with van der Waals surface area (Å²) in [6, 6.07) is 2.00.